The summed E-state index contributed by atoms with van der Waals surface area (Å²) in [6.07, 6.45) is 0.811. The topological polar surface area (TPSA) is 54.3 Å². The van der Waals surface area contributed by atoms with Crippen LogP contribution in [0, 0.1) is 11.3 Å². The molecule has 1 unspecified atom stereocenters. The standard InChI is InChI=1S/C18H20N2O2/c1-21-17-9-8-14(12-18(17)22-2)10-11-20-16(13-19)15-6-4-3-5-7-15/h3-9,12,16,20H,10-11H2,1-2H3. The molecule has 0 aromatic heterocycles. The molecule has 114 valence electrons. The number of nitrogens with one attached hydrogen (secondary N) is 1. The van der Waals surface area contributed by atoms with Gasteiger partial charge >= 0.3 is 0 Å². The lowest BCUT2D eigenvalue weighted by Crippen LogP contribution is -2.22. The van der Waals surface area contributed by atoms with E-state index in [1.807, 2.05) is 48.5 Å². The smallest absolute Gasteiger partial charge is 0.160 e. The van der Waals surface area contributed by atoms with Crippen LogP contribution in [0.1, 0.15) is 17.2 Å². The number of hydrogen-bond acceptors (Lipinski definition) is 4. The highest BCUT2D eigenvalue weighted by Gasteiger charge is 2.09. The summed E-state index contributed by atoms with van der Waals surface area (Å²) in [7, 11) is 3.25. The molecule has 0 radical (unpaired) electrons. The van der Waals surface area contributed by atoms with Gasteiger partial charge in [0.15, 0.2) is 11.5 Å². The molecule has 0 saturated carbocycles. The Bertz CT molecular complexity index is 635. The molecular formula is C18H20N2O2. The van der Waals surface area contributed by atoms with Crippen molar-refractivity contribution in [2.24, 2.45) is 0 Å². The molecule has 0 heterocycles. The van der Waals surface area contributed by atoms with Crippen LogP contribution in [0.2, 0.25) is 0 Å². The summed E-state index contributed by atoms with van der Waals surface area (Å²) in [4.78, 5) is 0. The quantitative estimate of drug-likeness (QED) is 0.853. The monoisotopic (exact) mass is 296 g/mol. The predicted molar refractivity (Wildman–Crippen MR) is 86.0 cm³/mol. The summed E-state index contributed by atoms with van der Waals surface area (Å²) in [6, 6.07) is 17.6. The third-order valence-corrected chi connectivity index (χ3v) is 3.47. The summed E-state index contributed by atoms with van der Waals surface area (Å²) in [5, 5.41) is 12.5. The van der Waals surface area contributed by atoms with E-state index in [1.165, 1.54) is 0 Å². The highest BCUT2D eigenvalue weighted by atomic mass is 16.5. The van der Waals surface area contributed by atoms with E-state index in [0.717, 1.165) is 29.0 Å². The lowest BCUT2D eigenvalue weighted by atomic mass is 10.1. The van der Waals surface area contributed by atoms with Gasteiger partial charge in [-0.1, -0.05) is 36.4 Å². The fourth-order valence-corrected chi connectivity index (χ4v) is 2.28. The van der Waals surface area contributed by atoms with Crippen LogP contribution in [-0.2, 0) is 6.42 Å². The lowest BCUT2D eigenvalue weighted by molar-refractivity contribution is 0.354. The zero-order valence-electron chi connectivity index (χ0n) is 12.9. The Kier molecular flexibility index (Phi) is 5.81. The van der Waals surface area contributed by atoms with Crippen molar-refractivity contribution in [2.45, 2.75) is 12.5 Å². The summed E-state index contributed by atoms with van der Waals surface area (Å²) >= 11 is 0. The minimum atomic E-state index is -0.290. The fraction of sp³-hybridized carbons (Fsp3) is 0.278. The maximum Gasteiger partial charge on any atom is 0.160 e. The number of rotatable bonds is 7. The molecule has 2 aromatic rings. The van der Waals surface area contributed by atoms with Gasteiger partial charge in [0.05, 0.1) is 20.3 Å². The molecule has 2 rings (SSSR count). The van der Waals surface area contributed by atoms with E-state index < -0.39 is 0 Å². The largest absolute Gasteiger partial charge is 0.493 e. The van der Waals surface area contributed by atoms with E-state index >= 15 is 0 Å². The molecule has 4 nitrogen and oxygen atoms in total. The summed E-state index contributed by atoms with van der Waals surface area (Å²) in [5.41, 5.74) is 2.12. The molecule has 0 spiro atoms. The van der Waals surface area contributed by atoms with E-state index in [1.54, 1.807) is 14.2 Å². The molecule has 22 heavy (non-hydrogen) atoms. The highest BCUT2D eigenvalue weighted by Crippen LogP contribution is 2.27. The third-order valence-electron chi connectivity index (χ3n) is 3.47. The first kappa shape index (κ1) is 15.9. The first-order valence-corrected chi connectivity index (χ1v) is 7.17. The van der Waals surface area contributed by atoms with Gasteiger partial charge in [-0.3, -0.25) is 5.32 Å². The van der Waals surface area contributed by atoms with Crippen LogP contribution in [0.15, 0.2) is 48.5 Å². The molecule has 0 aliphatic carbocycles. The second-order valence-electron chi connectivity index (χ2n) is 4.87. The number of nitrogens with zero attached hydrogens (tertiary/aromatic N) is 1. The van der Waals surface area contributed by atoms with Crippen molar-refractivity contribution in [1.29, 1.82) is 5.26 Å². The Hall–Kier alpha value is -2.51. The fourth-order valence-electron chi connectivity index (χ4n) is 2.28. The summed E-state index contributed by atoms with van der Waals surface area (Å²) < 4.78 is 10.5. The molecule has 4 heteroatoms. The van der Waals surface area contributed by atoms with Crippen molar-refractivity contribution in [3.05, 3.63) is 59.7 Å². The molecule has 0 fully saturated rings. The molecule has 0 amide bonds. The van der Waals surface area contributed by atoms with Crippen LogP contribution < -0.4 is 14.8 Å². The Balaban J connectivity index is 1.94. The number of hydrogen-bond donors (Lipinski definition) is 1. The van der Waals surface area contributed by atoms with Crippen molar-refractivity contribution < 1.29 is 9.47 Å². The first-order valence-electron chi connectivity index (χ1n) is 7.17. The van der Waals surface area contributed by atoms with Gasteiger partial charge in [0.25, 0.3) is 0 Å². The van der Waals surface area contributed by atoms with Crippen LogP contribution in [-0.4, -0.2) is 20.8 Å². The molecule has 0 saturated heterocycles. The third kappa shape index (κ3) is 4.00. The normalized spacial score (nSPS) is 11.5. The molecule has 1 atom stereocenters. The average molecular weight is 296 g/mol. The van der Waals surface area contributed by atoms with Crippen molar-refractivity contribution in [1.82, 2.24) is 5.32 Å². The van der Waals surface area contributed by atoms with Crippen LogP contribution in [0.4, 0.5) is 0 Å². The highest BCUT2D eigenvalue weighted by molar-refractivity contribution is 5.43. The van der Waals surface area contributed by atoms with Gasteiger partial charge in [0.1, 0.15) is 6.04 Å². The second kappa shape index (κ2) is 8.06. The average Bonchev–Trinajstić information content (AvgIpc) is 2.59. The molecule has 0 bridgehead atoms. The molecule has 2 aromatic carbocycles. The van der Waals surface area contributed by atoms with Gasteiger partial charge in [-0.2, -0.15) is 5.26 Å². The Morgan fingerprint density at radius 2 is 1.77 bits per heavy atom. The predicted octanol–water partition coefficient (Wildman–Crippen LogP) is 3.10. The van der Waals surface area contributed by atoms with Crippen molar-refractivity contribution in [3.8, 4) is 17.6 Å². The van der Waals surface area contributed by atoms with E-state index in [4.69, 9.17) is 9.47 Å². The molecular weight excluding hydrogens is 276 g/mol. The maximum atomic E-state index is 9.28. The van der Waals surface area contributed by atoms with Gasteiger partial charge < -0.3 is 9.47 Å². The van der Waals surface area contributed by atoms with Crippen molar-refractivity contribution >= 4 is 0 Å². The van der Waals surface area contributed by atoms with Crippen LogP contribution in [0.3, 0.4) is 0 Å². The first-order chi connectivity index (χ1) is 10.8. The number of ether oxygens (including phenoxy) is 2. The van der Waals surface area contributed by atoms with Gasteiger partial charge in [-0.15, -0.1) is 0 Å². The Morgan fingerprint density at radius 3 is 2.41 bits per heavy atom. The van der Waals surface area contributed by atoms with E-state index in [-0.39, 0.29) is 6.04 Å². The van der Waals surface area contributed by atoms with Gasteiger partial charge in [-0.25, -0.2) is 0 Å². The van der Waals surface area contributed by atoms with Gasteiger partial charge in [-0.05, 0) is 29.7 Å². The minimum Gasteiger partial charge on any atom is -0.493 e. The Labute approximate surface area is 131 Å². The van der Waals surface area contributed by atoms with Crippen molar-refractivity contribution in [2.75, 3.05) is 20.8 Å². The zero-order valence-corrected chi connectivity index (χ0v) is 12.9. The zero-order chi connectivity index (χ0) is 15.8. The van der Waals surface area contributed by atoms with Crippen LogP contribution >= 0.6 is 0 Å². The minimum absolute atomic E-state index is 0.290. The van der Waals surface area contributed by atoms with Crippen molar-refractivity contribution in [3.63, 3.8) is 0 Å². The molecule has 1 N–H and O–H groups in total. The van der Waals surface area contributed by atoms with Crippen LogP contribution in [0.25, 0.3) is 0 Å². The van der Waals surface area contributed by atoms with E-state index in [9.17, 15) is 5.26 Å². The van der Waals surface area contributed by atoms with Gasteiger partial charge in [0, 0.05) is 6.54 Å². The van der Waals surface area contributed by atoms with E-state index in [2.05, 4.69) is 11.4 Å². The molecule has 0 aliphatic rings. The van der Waals surface area contributed by atoms with Crippen LogP contribution in [0.5, 0.6) is 11.5 Å². The second-order valence-corrected chi connectivity index (χ2v) is 4.87. The van der Waals surface area contributed by atoms with Gasteiger partial charge in [0.2, 0.25) is 0 Å². The summed E-state index contributed by atoms with van der Waals surface area (Å²) in [5.74, 6) is 1.44. The number of benzene rings is 2. The SMILES string of the molecule is COc1ccc(CCNC(C#N)c2ccccc2)cc1OC. The number of nitriles is 1. The van der Waals surface area contributed by atoms with E-state index in [0.29, 0.717) is 6.54 Å². The molecule has 0 aliphatic heterocycles. The lowest BCUT2D eigenvalue weighted by Gasteiger charge is -2.13. The number of methoxy groups -OCH3 is 2. The maximum absolute atomic E-state index is 9.28. The Morgan fingerprint density at radius 1 is 1.05 bits per heavy atom. The summed E-state index contributed by atoms with van der Waals surface area (Å²) in [6.45, 7) is 0.711.